The SMILES string of the molecule is CC/C=N\c1cc(Br)c(F)cc1C(=N)N1CCOC(CNS(C)(=O)=O)C1. The Kier molecular flexibility index (Phi) is 7.27. The molecule has 1 aliphatic rings. The lowest BCUT2D eigenvalue weighted by Gasteiger charge is -2.34. The molecule has 1 aromatic carbocycles. The van der Waals surface area contributed by atoms with Crippen LogP contribution in [0.25, 0.3) is 0 Å². The zero-order chi connectivity index (χ0) is 19.3. The summed E-state index contributed by atoms with van der Waals surface area (Å²) < 4.78 is 44.7. The molecule has 0 saturated carbocycles. The fourth-order valence-electron chi connectivity index (χ4n) is 2.48. The molecule has 1 aromatic rings. The van der Waals surface area contributed by atoms with Gasteiger partial charge >= 0.3 is 0 Å². The Hall–Kier alpha value is -1.36. The van der Waals surface area contributed by atoms with E-state index >= 15 is 0 Å². The molecule has 1 saturated heterocycles. The lowest BCUT2D eigenvalue weighted by Crippen LogP contribution is -2.49. The molecule has 0 aromatic heterocycles. The van der Waals surface area contributed by atoms with Crippen molar-refractivity contribution in [2.24, 2.45) is 4.99 Å². The van der Waals surface area contributed by atoms with Crippen LogP contribution in [0.4, 0.5) is 10.1 Å². The van der Waals surface area contributed by atoms with E-state index in [-0.39, 0.29) is 23.0 Å². The summed E-state index contributed by atoms with van der Waals surface area (Å²) in [5, 5.41) is 8.49. The zero-order valence-corrected chi connectivity index (χ0v) is 17.0. The molecule has 144 valence electrons. The van der Waals surface area contributed by atoms with E-state index in [1.165, 1.54) is 6.07 Å². The molecule has 1 unspecified atom stereocenters. The van der Waals surface area contributed by atoms with Gasteiger partial charge in [-0.05, 0) is 34.5 Å². The van der Waals surface area contributed by atoms with E-state index < -0.39 is 15.8 Å². The van der Waals surface area contributed by atoms with Crippen LogP contribution in [0.1, 0.15) is 18.9 Å². The summed E-state index contributed by atoms with van der Waals surface area (Å²) in [6, 6.07) is 2.84. The Balaban J connectivity index is 2.19. The van der Waals surface area contributed by atoms with E-state index in [1.54, 1.807) is 17.2 Å². The second kappa shape index (κ2) is 9.03. The van der Waals surface area contributed by atoms with Gasteiger partial charge in [-0.15, -0.1) is 0 Å². The summed E-state index contributed by atoms with van der Waals surface area (Å²) in [6.45, 7) is 3.20. The molecule has 26 heavy (non-hydrogen) atoms. The Bertz CT molecular complexity index is 801. The molecule has 0 amide bonds. The van der Waals surface area contributed by atoms with Crippen LogP contribution in [-0.2, 0) is 14.8 Å². The quantitative estimate of drug-likeness (QED) is 0.515. The summed E-state index contributed by atoms with van der Waals surface area (Å²) in [4.78, 5) is 6.06. The summed E-state index contributed by atoms with van der Waals surface area (Å²) in [7, 11) is -3.32. The van der Waals surface area contributed by atoms with E-state index in [2.05, 4.69) is 25.6 Å². The normalized spacial score (nSPS) is 18.5. The molecule has 0 bridgehead atoms. The molecule has 1 atom stereocenters. The van der Waals surface area contributed by atoms with Crippen LogP contribution in [0.3, 0.4) is 0 Å². The van der Waals surface area contributed by atoms with E-state index in [4.69, 9.17) is 10.1 Å². The van der Waals surface area contributed by atoms with Crippen LogP contribution in [-0.4, -0.2) is 64.0 Å². The molecule has 1 aliphatic heterocycles. The van der Waals surface area contributed by atoms with E-state index in [9.17, 15) is 12.8 Å². The highest BCUT2D eigenvalue weighted by Crippen LogP contribution is 2.28. The number of hydrogen-bond donors (Lipinski definition) is 2. The lowest BCUT2D eigenvalue weighted by atomic mass is 10.1. The van der Waals surface area contributed by atoms with Crippen molar-refractivity contribution in [2.75, 3.05) is 32.5 Å². The molecular formula is C16H22BrFN4O3S. The van der Waals surface area contributed by atoms with Gasteiger partial charge in [-0.3, -0.25) is 10.4 Å². The Morgan fingerprint density at radius 3 is 2.96 bits per heavy atom. The maximum atomic E-state index is 14.0. The van der Waals surface area contributed by atoms with Gasteiger partial charge in [0.1, 0.15) is 11.7 Å². The van der Waals surface area contributed by atoms with Crippen LogP contribution in [0.15, 0.2) is 21.6 Å². The summed E-state index contributed by atoms with van der Waals surface area (Å²) in [5.74, 6) is -0.337. The Labute approximate surface area is 161 Å². The van der Waals surface area contributed by atoms with Crippen LogP contribution in [0.2, 0.25) is 0 Å². The average Bonchev–Trinajstić information content (AvgIpc) is 2.59. The molecule has 0 aliphatic carbocycles. The van der Waals surface area contributed by atoms with Crippen molar-refractivity contribution in [1.29, 1.82) is 5.41 Å². The largest absolute Gasteiger partial charge is 0.373 e. The summed E-state index contributed by atoms with van der Waals surface area (Å²) in [6.07, 6.45) is 3.12. The number of amidine groups is 1. The van der Waals surface area contributed by atoms with E-state index in [0.29, 0.717) is 30.9 Å². The minimum atomic E-state index is -3.32. The number of ether oxygens (including phenoxy) is 1. The Morgan fingerprint density at radius 2 is 2.31 bits per heavy atom. The minimum absolute atomic E-state index is 0.123. The Morgan fingerprint density at radius 1 is 1.58 bits per heavy atom. The van der Waals surface area contributed by atoms with Gasteiger partial charge in [0.25, 0.3) is 0 Å². The van der Waals surface area contributed by atoms with Crippen LogP contribution in [0, 0.1) is 11.2 Å². The van der Waals surface area contributed by atoms with E-state index in [1.807, 2.05) is 6.92 Å². The van der Waals surface area contributed by atoms with Gasteiger partial charge in [0.15, 0.2) is 0 Å². The first kappa shape index (κ1) is 20.9. The highest BCUT2D eigenvalue weighted by molar-refractivity contribution is 9.10. The van der Waals surface area contributed by atoms with Gasteiger partial charge in [0.05, 0.1) is 29.1 Å². The highest BCUT2D eigenvalue weighted by atomic mass is 79.9. The smallest absolute Gasteiger partial charge is 0.208 e. The predicted octanol–water partition coefficient (Wildman–Crippen LogP) is 2.28. The zero-order valence-electron chi connectivity index (χ0n) is 14.6. The maximum absolute atomic E-state index is 14.0. The van der Waals surface area contributed by atoms with Gasteiger partial charge < -0.3 is 9.64 Å². The molecule has 2 rings (SSSR count). The molecule has 1 fully saturated rings. The highest BCUT2D eigenvalue weighted by Gasteiger charge is 2.25. The van der Waals surface area contributed by atoms with Crippen molar-refractivity contribution < 1.29 is 17.5 Å². The number of aliphatic imine (C=N–C) groups is 1. The number of nitrogens with one attached hydrogen (secondary N) is 2. The van der Waals surface area contributed by atoms with Crippen molar-refractivity contribution in [1.82, 2.24) is 9.62 Å². The molecule has 0 radical (unpaired) electrons. The van der Waals surface area contributed by atoms with Crippen molar-refractivity contribution in [3.05, 3.63) is 28.0 Å². The fourth-order valence-corrected chi connectivity index (χ4v) is 3.30. The second-order valence-corrected chi connectivity index (χ2v) is 8.60. The van der Waals surface area contributed by atoms with Gasteiger partial charge in [-0.1, -0.05) is 6.92 Å². The van der Waals surface area contributed by atoms with Crippen molar-refractivity contribution in [2.45, 2.75) is 19.4 Å². The lowest BCUT2D eigenvalue weighted by molar-refractivity contribution is -0.00173. The van der Waals surface area contributed by atoms with Gasteiger partial charge in [0, 0.05) is 31.4 Å². The number of halogens is 2. The summed E-state index contributed by atoms with van der Waals surface area (Å²) in [5.41, 5.74) is 0.884. The molecule has 1 heterocycles. The first-order valence-corrected chi connectivity index (χ1v) is 10.8. The first-order valence-electron chi connectivity index (χ1n) is 8.13. The first-order chi connectivity index (χ1) is 12.2. The minimum Gasteiger partial charge on any atom is -0.373 e. The number of rotatable bonds is 6. The predicted molar refractivity (Wildman–Crippen MR) is 104 cm³/mol. The van der Waals surface area contributed by atoms with E-state index in [0.717, 1.165) is 12.7 Å². The number of benzene rings is 1. The molecular weight excluding hydrogens is 427 g/mol. The third kappa shape index (κ3) is 5.83. The number of hydrogen-bond acceptors (Lipinski definition) is 5. The monoisotopic (exact) mass is 448 g/mol. The third-order valence-electron chi connectivity index (χ3n) is 3.73. The van der Waals surface area contributed by atoms with Crippen molar-refractivity contribution >= 4 is 43.7 Å². The van der Waals surface area contributed by atoms with Gasteiger partial charge in [-0.25, -0.2) is 17.5 Å². The molecule has 0 spiro atoms. The van der Waals surface area contributed by atoms with Crippen LogP contribution in [0.5, 0.6) is 0 Å². The third-order valence-corrected chi connectivity index (χ3v) is 5.03. The number of morpholine rings is 1. The number of sulfonamides is 1. The topological polar surface area (TPSA) is 94.8 Å². The second-order valence-electron chi connectivity index (χ2n) is 5.91. The van der Waals surface area contributed by atoms with Crippen molar-refractivity contribution in [3.63, 3.8) is 0 Å². The van der Waals surface area contributed by atoms with Gasteiger partial charge in [-0.2, -0.15) is 0 Å². The van der Waals surface area contributed by atoms with Crippen LogP contribution >= 0.6 is 15.9 Å². The number of nitrogens with zero attached hydrogens (tertiary/aromatic N) is 2. The van der Waals surface area contributed by atoms with Gasteiger partial charge in [0.2, 0.25) is 10.0 Å². The van der Waals surface area contributed by atoms with Crippen molar-refractivity contribution in [3.8, 4) is 0 Å². The fraction of sp³-hybridized carbons (Fsp3) is 0.500. The molecule has 2 N–H and O–H groups in total. The molecule has 10 heteroatoms. The standard InChI is InChI=1S/C16H22BrFN4O3S/c1-3-4-20-15-8-13(17)14(18)7-12(15)16(19)22-5-6-25-11(10-22)9-21-26(2,23)24/h4,7-8,11,19,21H,3,5-6,9-10H2,1-2H3/b19-16?,20-4-. The maximum Gasteiger partial charge on any atom is 0.208 e. The molecule has 7 nitrogen and oxygen atoms in total. The average molecular weight is 449 g/mol. The van der Waals surface area contributed by atoms with Crippen LogP contribution < -0.4 is 4.72 Å². The summed E-state index contributed by atoms with van der Waals surface area (Å²) >= 11 is 3.15.